The minimum atomic E-state index is -0.304. The summed E-state index contributed by atoms with van der Waals surface area (Å²) in [6, 6.07) is 5.17. The van der Waals surface area contributed by atoms with E-state index in [0.717, 1.165) is 18.3 Å². The minimum absolute atomic E-state index is 0.304. The third-order valence-corrected chi connectivity index (χ3v) is 5.72. The van der Waals surface area contributed by atoms with E-state index in [2.05, 4.69) is 11.9 Å². The van der Waals surface area contributed by atoms with E-state index in [0.29, 0.717) is 17.0 Å². The second-order valence-corrected chi connectivity index (χ2v) is 7.38. The zero-order valence-corrected chi connectivity index (χ0v) is 13.5. The maximum atomic E-state index is 13.6. The number of hydrogen-bond donors (Lipinski definition) is 0. The smallest absolute Gasteiger partial charge is 0.150 e. The number of aldehydes is 1. The van der Waals surface area contributed by atoms with E-state index >= 15 is 0 Å². The van der Waals surface area contributed by atoms with Crippen LogP contribution in [-0.4, -0.2) is 30.8 Å². The van der Waals surface area contributed by atoms with Crippen LogP contribution in [0.5, 0.6) is 0 Å². The highest BCUT2D eigenvalue weighted by Crippen LogP contribution is 2.44. The first-order chi connectivity index (χ1) is 10.6. The lowest BCUT2D eigenvalue weighted by atomic mass is 9.68. The zero-order chi connectivity index (χ0) is 15.6. The molecule has 2 nitrogen and oxygen atoms in total. The van der Waals surface area contributed by atoms with Crippen LogP contribution in [0.4, 0.5) is 4.39 Å². The number of hydrogen-bond acceptors (Lipinski definition) is 2. The molecule has 0 amide bonds. The molecule has 1 saturated carbocycles. The van der Waals surface area contributed by atoms with Crippen LogP contribution in [0.3, 0.4) is 0 Å². The van der Waals surface area contributed by atoms with E-state index in [-0.39, 0.29) is 5.82 Å². The van der Waals surface area contributed by atoms with Crippen molar-refractivity contribution >= 4 is 6.29 Å². The predicted molar refractivity (Wildman–Crippen MR) is 86.7 cm³/mol. The van der Waals surface area contributed by atoms with Crippen LogP contribution < -0.4 is 0 Å². The van der Waals surface area contributed by atoms with Crippen LogP contribution in [-0.2, 0) is 6.42 Å². The summed E-state index contributed by atoms with van der Waals surface area (Å²) in [6.07, 6.45) is 11.0. The monoisotopic (exact) mass is 303 g/mol. The number of carbonyl (C=O) groups is 1. The van der Waals surface area contributed by atoms with Gasteiger partial charge in [0.15, 0.2) is 0 Å². The van der Waals surface area contributed by atoms with E-state index in [1.54, 1.807) is 6.07 Å². The van der Waals surface area contributed by atoms with E-state index in [4.69, 9.17) is 0 Å². The Labute approximate surface area is 132 Å². The third-order valence-electron chi connectivity index (χ3n) is 5.72. The van der Waals surface area contributed by atoms with Crippen molar-refractivity contribution in [2.75, 3.05) is 13.6 Å². The fourth-order valence-electron chi connectivity index (χ4n) is 4.53. The first kappa shape index (κ1) is 15.7. The van der Waals surface area contributed by atoms with Gasteiger partial charge < -0.3 is 4.90 Å². The maximum absolute atomic E-state index is 13.6. The highest BCUT2D eigenvalue weighted by molar-refractivity contribution is 5.75. The molecule has 1 spiro atoms. The average molecular weight is 303 g/mol. The summed E-state index contributed by atoms with van der Waals surface area (Å²) >= 11 is 0. The number of piperidine rings is 1. The fraction of sp³-hybridized carbons (Fsp3) is 0.632. The number of likely N-dealkylation sites (N-methyl/N-ethyl adjacent to an activating group) is 1. The molecule has 1 unspecified atom stereocenters. The van der Waals surface area contributed by atoms with Gasteiger partial charge in [-0.2, -0.15) is 0 Å². The molecule has 2 aliphatic rings. The van der Waals surface area contributed by atoms with Crippen molar-refractivity contribution in [1.29, 1.82) is 0 Å². The first-order valence-electron chi connectivity index (χ1n) is 8.55. The molecule has 3 rings (SSSR count). The molecule has 1 aliphatic carbocycles. The van der Waals surface area contributed by atoms with Gasteiger partial charge in [0.25, 0.3) is 0 Å². The van der Waals surface area contributed by atoms with Crippen LogP contribution in [0.1, 0.15) is 60.9 Å². The molecule has 0 aromatic heterocycles. The molecule has 0 radical (unpaired) electrons. The van der Waals surface area contributed by atoms with Gasteiger partial charge in [0, 0.05) is 18.2 Å². The lowest BCUT2D eigenvalue weighted by Crippen LogP contribution is -2.48. The second-order valence-electron chi connectivity index (χ2n) is 7.38. The van der Waals surface area contributed by atoms with Gasteiger partial charge in [-0.05, 0) is 68.3 Å². The number of nitrogens with zero attached hydrogens (tertiary/aromatic N) is 1. The molecule has 1 saturated heterocycles. The van der Waals surface area contributed by atoms with Crippen molar-refractivity contribution in [2.24, 2.45) is 5.41 Å². The molecule has 3 heteroatoms. The van der Waals surface area contributed by atoms with Crippen LogP contribution >= 0.6 is 0 Å². The van der Waals surface area contributed by atoms with Gasteiger partial charge in [0.2, 0.25) is 0 Å². The van der Waals surface area contributed by atoms with Gasteiger partial charge in [0.1, 0.15) is 12.1 Å². The quantitative estimate of drug-likeness (QED) is 0.779. The van der Waals surface area contributed by atoms with Crippen molar-refractivity contribution < 1.29 is 9.18 Å². The van der Waals surface area contributed by atoms with Crippen molar-refractivity contribution in [3.63, 3.8) is 0 Å². The predicted octanol–water partition coefficient (Wildman–Crippen LogP) is 4.23. The van der Waals surface area contributed by atoms with Crippen LogP contribution in [0.25, 0.3) is 0 Å². The van der Waals surface area contributed by atoms with Crippen molar-refractivity contribution in [3.8, 4) is 0 Å². The Balaban J connectivity index is 1.67. The van der Waals surface area contributed by atoms with Crippen LogP contribution in [0, 0.1) is 11.2 Å². The molecular formula is C19H26FNO. The maximum Gasteiger partial charge on any atom is 0.150 e. The standard InChI is InChI=1S/C19H26FNO/c1-21-14-19(6-3-2-4-7-19)8-5-18(21)12-15-9-16(13-22)11-17(20)10-15/h9-11,13,18H,2-8,12,14H2,1H3. The number of halogens is 1. The van der Waals surface area contributed by atoms with Crippen LogP contribution in [0.15, 0.2) is 18.2 Å². The Bertz CT molecular complexity index is 536. The van der Waals surface area contributed by atoms with Crippen molar-refractivity contribution in [2.45, 2.75) is 57.4 Å². The molecular weight excluding hydrogens is 277 g/mol. The largest absolute Gasteiger partial charge is 0.303 e. The number of rotatable bonds is 3. The molecule has 0 N–H and O–H groups in total. The lowest BCUT2D eigenvalue weighted by molar-refractivity contribution is 0.0326. The van der Waals surface area contributed by atoms with Crippen molar-refractivity contribution in [1.82, 2.24) is 4.90 Å². The zero-order valence-electron chi connectivity index (χ0n) is 13.5. The molecule has 120 valence electrons. The topological polar surface area (TPSA) is 20.3 Å². The number of likely N-dealkylation sites (tertiary alicyclic amines) is 1. The third kappa shape index (κ3) is 3.40. The van der Waals surface area contributed by atoms with Gasteiger partial charge in [0.05, 0.1) is 0 Å². The van der Waals surface area contributed by atoms with Gasteiger partial charge >= 0.3 is 0 Å². The molecule has 1 aromatic rings. The van der Waals surface area contributed by atoms with Gasteiger partial charge in [-0.15, -0.1) is 0 Å². The summed E-state index contributed by atoms with van der Waals surface area (Å²) in [5.41, 5.74) is 1.93. The Hall–Kier alpha value is -1.22. The molecule has 22 heavy (non-hydrogen) atoms. The molecule has 1 aliphatic heterocycles. The number of carbonyl (C=O) groups excluding carboxylic acids is 1. The number of benzene rings is 1. The molecule has 1 heterocycles. The summed E-state index contributed by atoms with van der Waals surface area (Å²) in [5.74, 6) is -0.304. The Morgan fingerprint density at radius 1 is 1.23 bits per heavy atom. The molecule has 0 bridgehead atoms. The van der Waals surface area contributed by atoms with E-state index in [9.17, 15) is 9.18 Å². The Kier molecular flexibility index (Phi) is 4.62. The van der Waals surface area contributed by atoms with Gasteiger partial charge in [-0.3, -0.25) is 4.79 Å². The summed E-state index contributed by atoms with van der Waals surface area (Å²) in [6.45, 7) is 1.17. The SMILES string of the molecule is CN1CC2(CCCCC2)CCC1Cc1cc(F)cc(C=O)c1. The summed E-state index contributed by atoms with van der Waals surface area (Å²) < 4.78 is 13.6. The Morgan fingerprint density at radius 3 is 2.68 bits per heavy atom. The second kappa shape index (κ2) is 6.49. The highest BCUT2D eigenvalue weighted by Gasteiger charge is 2.38. The molecule has 1 aromatic carbocycles. The van der Waals surface area contributed by atoms with E-state index in [1.807, 2.05) is 6.07 Å². The highest BCUT2D eigenvalue weighted by atomic mass is 19.1. The normalized spacial score (nSPS) is 25.3. The van der Waals surface area contributed by atoms with Gasteiger partial charge in [-0.25, -0.2) is 4.39 Å². The molecule has 1 atom stereocenters. The van der Waals surface area contributed by atoms with E-state index < -0.39 is 0 Å². The van der Waals surface area contributed by atoms with Crippen molar-refractivity contribution in [3.05, 3.63) is 35.1 Å². The summed E-state index contributed by atoms with van der Waals surface area (Å²) in [5, 5.41) is 0. The minimum Gasteiger partial charge on any atom is -0.303 e. The summed E-state index contributed by atoms with van der Waals surface area (Å²) in [4.78, 5) is 13.4. The molecule has 2 fully saturated rings. The summed E-state index contributed by atoms with van der Waals surface area (Å²) in [7, 11) is 2.21. The van der Waals surface area contributed by atoms with Gasteiger partial charge in [-0.1, -0.05) is 19.3 Å². The van der Waals surface area contributed by atoms with E-state index in [1.165, 1.54) is 57.6 Å². The van der Waals surface area contributed by atoms with Crippen LogP contribution in [0.2, 0.25) is 0 Å². The fourth-order valence-corrected chi connectivity index (χ4v) is 4.53. The lowest BCUT2D eigenvalue weighted by Gasteiger charge is -2.48. The first-order valence-corrected chi connectivity index (χ1v) is 8.55. The average Bonchev–Trinajstić information content (AvgIpc) is 2.50. The Morgan fingerprint density at radius 2 is 2.00 bits per heavy atom.